The van der Waals surface area contributed by atoms with Crippen LogP contribution in [0.2, 0.25) is 0 Å². The zero-order chi connectivity index (χ0) is 13.8. The Labute approximate surface area is 118 Å². The van der Waals surface area contributed by atoms with E-state index in [1.165, 1.54) is 5.56 Å². The highest BCUT2D eigenvalue weighted by Gasteiger charge is 2.11. The summed E-state index contributed by atoms with van der Waals surface area (Å²) >= 11 is 1.61. The third-order valence-corrected chi connectivity index (χ3v) is 3.82. The second kappa shape index (κ2) is 6.17. The molecule has 2 N–H and O–H groups in total. The number of thiazole rings is 1. The number of aromatic nitrogens is 1. The Morgan fingerprint density at radius 3 is 2.74 bits per heavy atom. The minimum atomic E-state index is 0.425. The predicted molar refractivity (Wildman–Crippen MR) is 80.7 cm³/mol. The van der Waals surface area contributed by atoms with Crippen LogP contribution in [0.1, 0.15) is 37.3 Å². The fraction of sp³-hybridized carbons (Fsp3) is 0.400. The van der Waals surface area contributed by atoms with Gasteiger partial charge in [0.15, 0.2) is 0 Å². The third-order valence-electron chi connectivity index (χ3n) is 2.95. The average Bonchev–Trinajstić information content (AvgIpc) is 2.88. The first-order chi connectivity index (χ1) is 9.15. The summed E-state index contributed by atoms with van der Waals surface area (Å²) in [6.07, 6.45) is 0. The van der Waals surface area contributed by atoms with E-state index in [1.54, 1.807) is 11.3 Å². The fourth-order valence-corrected chi connectivity index (χ4v) is 2.67. The molecule has 0 unspecified atom stereocenters. The third kappa shape index (κ3) is 3.14. The number of ether oxygens (including phenoxy) is 1. The largest absolute Gasteiger partial charge is 0.494 e. The molecule has 2 rings (SSSR count). The molecule has 0 atom stereocenters. The van der Waals surface area contributed by atoms with Gasteiger partial charge in [-0.3, -0.25) is 0 Å². The van der Waals surface area contributed by atoms with Crippen molar-refractivity contribution in [3.05, 3.63) is 34.2 Å². The molecule has 0 aliphatic rings. The van der Waals surface area contributed by atoms with Crippen molar-refractivity contribution < 1.29 is 4.74 Å². The molecular formula is C15H20N2OS. The summed E-state index contributed by atoms with van der Waals surface area (Å²) in [5, 5.41) is 3.03. The molecule has 1 aromatic heterocycles. The van der Waals surface area contributed by atoms with E-state index in [4.69, 9.17) is 10.5 Å². The maximum atomic E-state index is 5.68. The number of hydrogen-bond acceptors (Lipinski definition) is 4. The quantitative estimate of drug-likeness (QED) is 0.903. The Balaban J connectivity index is 2.39. The standard InChI is InChI=1S/C15H20N2OS/c1-4-18-14-6-5-11(7-12(14)10(2)3)13-9-19-15(8-16)17-13/h5-7,9-10H,4,8,16H2,1-3H3. The van der Waals surface area contributed by atoms with Crippen LogP contribution in [0, 0.1) is 0 Å². The van der Waals surface area contributed by atoms with Gasteiger partial charge < -0.3 is 10.5 Å². The lowest BCUT2D eigenvalue weighted by Gasteiger charge is -2.14. The van der Waals surface area contributed by atoms with E-state index in [1.807, 2.05) is 13.0 Å². The van der Waals surface area contributed by atoms with E-state index in [-0.39, 0.29) is 0 Å². The molecule has 0 aliphatic carbocycles. The van der Waals surface area contributed by atoms with E-state index in [0.717, 1.165) is 22.0 Å². The summed E-state index contributed by atoms with van der Waals surface area (Å²) in [7, 11) is 0. The van der Waals surface area contributed by atoms with Crippen LogP contribution in [-0.4, -0.2) is 11.6 Å². The monoisotopic (exact) mass is 276 g/mol. The van der Waals surface area contributed by atoms with Gasteiger partial charge in [-0.15, -0.1) is 11.3 Å². The van der Waals surface area contributed by atoms with Gasteiger partial charge in [0, 0.05) is 17.5 Å². The molecule has 4 heteroatoms. The predicted octanol–water partition coefficient (Wildman–Crippen LogP) is 3.79. The summed E-state index contributed by atoms with van der Waals surface area (Å²) in [5.74, 6) is 1.39. The molecular weight excluding hydrogens is 256 g/mol. The molecule has 102 valence electrons. The maximum absolute atomic E-state index is 5.68. The van der Waals surface area contributed by atoms with Crippen molar-refractivity contribution in [2.24, 2.45) is 5.73 Å². The molecule has 0 saturated heterocycles. The van der Waals surface area contributed by atoms with Crippen LogP contribution in [0.25, 0.3) is 11.3 Å². The second-order valence-corrected chi connectivity index (χ2v) is 5.61. The highest BCUT2D eigenvalue weighted by Crippen LogP contribution is 2.32. The number of rotatable bonds is 5. The molecule has 0 bridgehead atoms. The van der Waals surface area contributed by atoms with E-state index in [2.05, 4.69) is 36.3 Å². The molecule has 0 saturated carbocycles. The minimum Gasteiger partial charge on any atom is -0.494 e. The van der Waals surface area contributed by atoms with E-state index in [0.29, 0.717) is 19.1 Å². The van der Waals surface area contributed by atoms with Crippen molar-refractivity contribution >= 4 is 11.3 Å². The zero-order valence-corrected chi connectivity index (χ0v) is 12.5. The van der Waals surface area contributed by atoms with Crippen molar-refractivity contribution in [2.45, 2.75) is 33.2 Å². The van der Waals surface area contributed by atoms with Gasteiger partial charge in [0.05, 0.1) is 12.3 Å². The summed E-state index contributed by atoms with van der Waals surface area (Å²) in [4.78, 5) is 4.53. The number of hydrogen-bond donors (Lipinski definition) is 1. The van der Waals surface area contributed by atoms with Gasteiger partial charge in [0.2, 0.25) is 0 Å². The molecule has 1 heterocycles. The lowest BCUT2D eigenvalue weighted by atomic mass is 9.98. The minimum absolute atomic E-state index is 0.425. The van der Waals surface area contributed by atoms with Gasteiger partial charge in [0.1, 0.15) is 10.8 Å². The molecule has 19 heavy (non-hydrogen) atoms. The van der Waals surface area contributed by atoms with Crippen molar-refractivity contribution in [3.8, 4) is 17.0 Å². The first kappa shape index (κ1) is 14.0. The molecule has 0 aliphatic heterocycles. The van der Waals surface area contributed by atoms with Gasteiger partial charge in [-0.05, 0) is 36.6 Å². The first-order valence-corrected chi connectivity index (χ1v) is 7.45. The number of benzene rings is 1. The van der Waals surface area contributed by atoms with Crippen LogP contribution in [0.3, 0.4) is 0 Å². The molecule has 1 aromatic carbocycles. The van der Waals surface area contributed by atoms with Gasteiger partial charge in [-0.1, -0.05) is 13.8 Å². The summed E-state index contributed by atoms with van der Waals surface area (Å²) < 4.78 is 5.68. The van der Waals surface area contributed by atoms with Gasteiger partial charge >= 0.3 is 0 Å². The summed E-state index contributed by atoms with van der Waals surface area (Å²) in [6, 6.07) is 6.27. The highest BCUT2D eigenvalue weighted by atomic mass is 32.1. The van der Waals surface area contributed by atoms with Crippen LogP contribution in [0.5, 0.6) is 5.75 Å². The lowest BCUT2D eigenvalue weighted by Crippen LogP contribution is -1.99. The number of nitrogens with zero attached hydrogens (tertiary/aromatic N) is 1. The van der Waals surface area contributed by atoms with Gasteiger partial charge in [-0.2, -0.15) is 0 Å². The molecule has 3 nitrogen and oxygen atoms in total. The van der Waals surface area contributed by atoms with Crippen LogP contribution >= 0.6 is 11.3 Å². The van der Waals surface area contributed by atoms with Gasteiger partial charge in [0.25, 0.3) is 0 Å². The van der Waals surface area contributed by atoms with Crippen LogP contribution < -0.4 is 10.5 Å². The Hall–Kier alpha value is -1.39. The Bertz CT molecular complexity index is 549. The van der Waals surface area contributed by atoms with Crippen molar-refractivity contribution in [3.63, 3.8) is 0 Å². The Kier molecular flexibility index (Phi) is 4.56. The maximum Gasteiger partial charge on any atom is 0.122 e. The van der Waals surface area contributed by atoms with Crippen molar-refractivity contribution in [2.75, 3.05) is 6.61 Å². The molecule has 0 radical (unpaired) electrons. The lowest BCUT2D eigenvalue weighted by molar-refractivity contribution is 0.335. The fourth-order valence-electron chi connectivity index (χ4n) is 1.98. The molecule has 2 aromatic rings. The SMILES string of the molecule is CCOc1ccc(-c2csc(CN)n2)cc1C(C)C. The highest BCUT2D eigenvalue weighted by molar-refractivity contribution is 7.09. The zero-order valence-electron chi connectivity index (χ0n) is 11.6. The molecule has 0 amide bonds. The van der Waals surface area contributed by atoms with Crippen LogP contribution in [0.15, 0.2) is 23.6 Å². The second-order valence-electron chi connectivity index (χ2n) is 4.67. The number of nitrogens with two attached hydrogens (primary N) is 1. The Morgan fingerprint density at radius 2 is 2.16 bits per heavy atom. The summed E-state index contributed by atoms with van der Waals surface area (Å²) in [6.45, 7) is 7.54. The Morgan fingerprint density at radius 1 is 1.37 bits per heavy atom. The van der Waals surface area contributed by atoms with E-state index in [9.17, 15) is 0 Å². The first-order valence-electron chi connectivity index (χ1n) is 6.57. The molecule has 0 fully saturated rings. The summed E-state index contributed by atoms with van der Waals surface area (Å²) in [5.41, 5.74) is 8.96. The average molecular weight is 276 g/mol. The smallest absolute Gasteiger partial charge is 0.122 e. The van der Waals surface area contributed by atoms with Crippen LogP contribution in [0.4, 0.5) is 0 Å². The topological polar surface area (TPSA) is 48.1 Å². The molecule has 0 spiro atoms. The van der Waals surface area contributed by atoms with Crippen LogP contribution in [-0.2, 0) is 6.54 Å². The normalized spacial score (nSPS) is 11.0. The van der Waals surface area contributed by atoms with Crippen molar-refractivity contribution in [1.29, 1.82) is 0 Å². The van der Waals surface area contributed by atoms with E-state index >= 15 is 0 Å². The van der Waals surface area contributed by atoms with E-state index < -0.39 is 0 Å². The van der Waals surface area contributed by atoms with Crippen molar-refractivity contribution in [1.82, 2.24) is 4.98 Å². The van der Waals surface area contributed by atoms with Gasteiger partial charge in [-0.25, -0.2) is 4.98 Å².